The lowest BCUT2D eigenvalue weighted by molar-refractivity contribution is 0.768. The Bertz CT molecular complexity index is 2730. The summed E-state index contributed by atoms with van der Waals surface area (Å²) < 4.78 is 0. The van der Waals surface area contributed by atoms with Gasteiger partial charge in [-0.1, -0.05) is 164 Å². The van der Waals surface area contributed by atoms with Crippen LogP contribution in [0.4, 0.5) is 34.1 Å². The molecule has 9 aromatic rings. The van der Waals surface area contributed by atoms with E-state index in [2.05, 4.69) is 240 Å². The fourth-order valence-electron chi connectivity index (χ4n) is 8.73. The van der Waals surface area contributed by atoms with Crippen LogP contribution < -0.4 is 9.80 Å². The Morgan fingerprint density at radius 2 is 0.673 bits per heavy atom. The molecule has 0 spiro atoms. The predicted octanol–water partition coefficient (Wildman–Crippen LogP) is 14.1. The Labute approximate surface area is 322 Å². The van der Waals surface area contributed by atoms with Crippen LogP contribution in [0.15, 0.2) is 231 Å². The summed E-state index contributed by atoms with van der Waals surface area (Å²) in [6, 6.07) is 83.7. The quantitative estimate of drug-likeness (QED) is 0.156. The van der Waals surface area contributed by atoms with Crippen LogP contribution in [0.3, 0.4) is 0 Å². The van der Waals surface area contributed by atoms with E-state index in [-0.39, 0.29) is 0 Å². The molecule has 0 amide bonds. The number of benzene rings is 9. The minimum absolute atomic E-state index is 0.491. The van der Waals surface area contributed by atoms with E-state index in [9.17, 15) is 0 Å². The maximum absolute atomic E-state index is 2.41. The van der Waals surface area contributed by atoms with Gasteiger partial charge in [-0.05, 0) is 111 Å². The van der Waals surface area contributed by atoms with E-state index < -0.39 is 5.41 Å². The van der Waals surface area contributed by atoms with Crippen molar-refractivity contribution < 1.29 is 0 Å². The minimum atomic E-state index is -0.491. The third-order valence-electron chi connectivity index (χ3n) is 11.1. The van der Waals surface area contributed by atoms with E-state index in [0.29, 0.717) is 0 Å². The molecule has 2 nitrogen and oxygen atoms in total. The zero-order valence-electron chi connectivity index (χ0n) is 30.3. The highest BCUT2D eigenvalue weighted by Gasteiger charge is 2.46. The number of rotatable bonds is 8. The zero-order chi connectivity index (χ0) is 36.6. The van der Waals surface area contributed by atoms with Crippen molar-refractivity contribution in [3.8, 4) is 11.1 Å². The largest absolute Gasteiger partial charge is 0.310 e. The van der Waals surface area contributed by atoms with Crippen molar-refractivity contribution in [1.29, 1.82) is 0 Å². The summed E-state index contributed by atoms with van der Waals surface area (Å²) in [5.74, 6) is 0. The highest BCUT2D eigenvalue weighted by Crippen LogP contribution is 2.56. The first-order valence-electron chi connectivity index (χ1n) is 18.9. The fraction of sp³-hybridized carbons (Fsp3) is 0.0189. The molecule has 0 saturated carbocycles. The summed E-state index contributed by atoms with van der Waals surface area (Å²) >= 11 is 0. The van der Waals surface area contributed by atoms with Crippen molar-refractivity contribution in [2.45, 2.75) is 5.41 Å². The van der Waals surface area contributed by atoms with Gasteiger partial charge in [0.15, 0.2) is 0 Å². The Morgan fingerprint density at radius 3 is 1.27 bits per heavy atom. The maximum atomic E-state index is 2.41. The molecule has 0 aliphatic heterocycles. The van der Waals surface area contributed by atoms with Crippen LogP contribution in [0.1, 0.15) is 22.3 Å². The van der Waals surface area contributed by atoms with Crippen molar-refractivity contribution in [2.75, 3.05) is 9.80 Å². The van der Waals surface area contributed by atoms with Gasteiger partial charge in [-0.15, -0.1) is 0 Å². The maximum Gasteiger partial charge on any atom is 0.0714 e. The van der Waals surface area contributed by atoms with Crippen molar-refractivity contribution in [3.05, 3.63) is 253 Å². The van der Waals surface area contributed by atoms with Crippen molar-refractivity contribution >= 4 is 44.9 Å². The van der Waals surface area contributed by atoms with Crippen molar-refractivity contribution in [2.24, 2.45) is 0 Å². The average Bonchev–Trinajstić information content (AvgIpc) is 3.56. The Kier molecular flexibility index (Phi) is 8.08. The molecule has 0 aromatic heterocycles. The fourth-order valence-corrected chi connectivity index (χ4v) is 8.73. The van der Waals surface area contributed by atoms with Gasteiger partial charge in [0, 0.05) is 34.1 Å². The van der Waals surface area contributed by atoms with E-state index in [1.54, 1.807) is 0 Å². The molecule has 10 rings (SSSR count). The normalized spacial score (nSPS) is 12.5. The number of nitrogens with zero attached hydrogens (tertiary/aromatic N) is 2. The molecular formula is C53H38N2. The second-order valence-electron chi connectivity index (χ2n) is 14.2. The molecule has 1 aliphatic rings. The van der Waals surface area contributed by atoms with Gasteiger partial charge in [0.1, 0.15) is 0 Å². The summed E-state index contributed by atoms with van der Waals surface area (Å²) in [6.45, 7) is 0. The zero-order valence-corrected chi connectivity index (χ0v) is 30.3. The SMILES string of the molecule is c1ccc(N(c2cccc(N(c3ccccc3)c3ccc4ccccc4c3)c2)c2cccc(C3(c4ccccc4)c4ccccc4-c4ccccc43)c2)cc1. The predicted molar refractivity (Wildman–Crippen MR) is 231 cm³/mol. The van der Waals surface area contributed by atoms with Gasteiger partial charge >= 0.3 is 0 Å². The van der Waals surface area contributed by atoms with Crippen LogP contribution >= 0.6 is 0 Å². The van der Waals surface area contributed by atoms with Gasteiger partial charge in [-0.25, -0.2) is 0 Å². The number of hydrogen-bond donors (Lipinski definition) is 0. The van der Waals surface area contributed by atoms with Crippen LogP contribution in [0.25, 0.3) is 21.9 Å². The smallest absolute Gasteiger partial charge is 0.0714 e. The number of hydrogen-bond acceptors (Lipinski definition) is 2. The summed E-state index contributed by atoms with van der Waals surface area (Å²) in [7, 11) is 0. The molecule has 1 aliphatic carbocycles. The van der Waals surface area contributed by atoms with Crippen molar-refractivity contribution in [1.82, 2.24) is 0 Å². The Hall–Kier alpha value is -7.16. The molecule has 0 bridgehead atoms. The third kappa shape index (κ3) is 5.50. The van der Waals surface area contributed by atoms with Crippen LogP contribution in [-0.2, 0) is 5.41 Å². The highest BCUT2D eigenvalue weighted by molar-refractivity contribution is 5.91. The molecular weight excluding hydrogens is 665 g/mol. The first-order chi connectivity index (χ1) is 27.3. The molecule has 0 heterocycles. The van der Waals surface area contributed by atoms with Gasteiger partial charge in [-0.2, -0.15) is 0 Å². The monoisotopic (exact) mass is 702 g/mol. The molecule has 0 radical (unpaired) electrons. The Morgan fingerprint density at radius 1 is 0.255 bits per heavy atom. The summed E-state index contributed by atoms with van der Waals surface area (Å²) in [6.07, 6.45) is 0. The van der Waals surface area contributed by atoms with Crippen LogP contribution in [0.5, 0.6) is 0 Å². The molecule has 0 saturated heterocycles. The molecule has 0 atom stereocenters. The summed E-state index contributed by atoms with van der Waals surface area (Å²) in [5.41, 5.74) is 13.7. The molecule has 0 N–H and O–H groups in total. The number of para-hydroxylation sites is 2. The Balaban J connectivity index is 1.17. The second kappa shape index (κ2) is 13.7. The third-order valence-corrected chi connectivity index (χ3v) is 11.1. The lowest BCUT2D eigenvalue weighted by Gasteiger charge is -2.35. The number of fused-ring (bicyclic) bond motifs is 4. The van der Waals surface area contributed by atoms with Gasteiger partial charge in [-0.3, -0.25) is 0 Å². The first-order valence-corrected chi connectivity index (χ1v) is 18.9. The van der Waals surface area contributed by atoms with Gasteiger partial charge in [0.25, 0.3) is 0 Å². The highest BCUT2D eigenvalue weighted by atomic mass is 15.2. The van der Waals surface area contributed by atoms with Gasteiger partial charge in [0.05, 0.1) is 5.41 Å². The van der Waals surface area contributed by atoms with E-state index in [1.807, 2.05) is 0 Å². The van der Waals surface area contributed by atoms with E-state index in [4.69, 9.17) is 0 Å². The second-order valence-corrected chi connectivity index (χ2v) is 14.2. The summed E-state index contributed by atoms with van der Waals surface area (Å²) in [4.78, 5) is 4.74. The topological polar surface area (TPSA) is 6.48 Å². The molecule has 55 heavy (non-hydrogen) atoms. The summed E-state index contributed by atoms with van der Waals surface area (Å²) in [5, 5.41) is 2.44. The molecule has 260 valence electrons. The minimum Gasteiger partial charge on any atom is -0.310 e. The lowest BCUT2D eigenvalue weighted by atomic mass is 9.67. The lowest BCUT2D eigenvalue weighted by Crippen LogP contribution is -2.28. The van der Waals surface area contributed by atoms with Crippen LogP contribution in [0, 0.1) is 0 Å². The molecule has 2 heteroatoms. The van der Waals surface area contributed by atoms with Gasteiger partial charge < -0.3 is 9.80 Å². The molecule has 9 aromatic carbocycles. The van der Waals surface area contributed by atoms with Crippen LogP contribution in [-0.4, -0.2) is 0 Å². The standard InChI is InChI=1S/C53H38N2/c1-4-20-41(21-5-1)53(51-32-14-12-30-49(51)50-31-13-15-33-52(50)53)42-22-16-27-45(37-42)54(43-23-6-2-7-24-43)46-28-17-29-47(38-46)55(44-25-8-3-9-26-44)48-35-34-39-18-10-11-19-40(39)36-48/h1-38H. The van der Waals surface area contributed by atoms with Crippen LogP contribution in [0.2, 0.25) is 0 Å². The number of anilines is 6. The van der Waals surface area contributed by atoms with Crippen molar-refractivity contribution in [3.63, 3.8) is 0 Å². The average molecular weight is 703 g/mol. The van der Waals surface area contributed by atoms with Gasteiger partial charge in [0.2, 0.25) is 0 Å². The van der Waals surface area contributed by atoms with E-state index in [1.165, 1.54) is 44.2 Å². The molecule has 0 unspecified atom stereocenters. The van der Waals surface area contributed by atoms with E-state index in [0.717, 1.165) is 34.1 Å². The molecule has 0 fully saturated rings. The first kappa shape index (κ1) is 32.5. The van der Waals surface area contributed by atoms with E-state index >= 15 is 0 Å².